The maximum Gasteiger partial charge on any atom is 0.248 e. The quantitative estimate of drug-likeness (QED) is 0.783. The lowest BCUT2D eigenvalue weighted by atomic mass is 10.2. The third-order valence-electron chi connectivity index (χ3n) is 3.92. The largest absolute Gasteiger partial charge is 0.323 e. The molecule has 2 aromatic carbocycles. The van der Waals surface area contributed by atoms with Crippen molar-refractivity contribution in [1.82, 2.24) is 0 Å². The molecule has 0 aromatic heterocycles. The minimum absolute atomic E-state index is 0.137. The molecule has 1 aliphatic rings. The molecule has 0 bridgehead atoms. The van der Waals surface area contributed by atoms with Gasteiger partial charge in [0.2, 0.25) is 11.8 Å². The Morgan fingerprint density at radius 1 is 1.12 bits per heavy atom. The third-order valence-corrected chi connectivity index (χ3v) is 4.75. The number of halogens is 2. The number of rotatable bonds is 4. The summed E-state index contributed by atoms with van der Waals surface area (Å²) in [5.41, 5.74) is 2.18. The van der Waals surface area contributed by atoms with Crippen LogP contribution >= 0.6 is 23.2 Å². The smallest absolute Gasteiger partial charge is 0.248 e. The van der Waals surface area contributed by atoms with Crippen molar-refractivity contribution in [3.8, 4) is 0 Å². The van der Waals surface area contributed by atoms with Crippen LogP contribution in [-0.2, 0) is 9.59 Å². The Balaban J connectivity index is 1.64. The second-order valence-corrected chi connectivity index (χ2v) is 6.45. The van der Waals surface area contributed by atoms with Crippen LogP contribution < -0.4 is 10.2 Å². The molecule has 1 fully saturated rings. The Hall–Kier alpha value is -2.30. The molecule has 25 heavy (non-hydrogen) atoms. The highest BCUT2D eigenvalue weighted by Crippen LogP contribution is 2.26. The zero-order valence-electron chi connectivity index (χ0n) is 13.3. The number of amides is 2. The molecule has 6 heteroatoms. The summed E-state index contributed by atoms with van der Waals surface area (Å²) in [4.78, 5) is 25.5. The molecule has 0 aliphatic carbocycles. The van der Waals surface area contributed by atoms with Gasteiger partial charge in [0.1, 0.15) is 0 Å². The number of nitrogens with one attached hydrogen (secondary N) is 1. The van der Waals surface area contributed by atoms with Gasteiger partial charge in [-0.05, 0) is 48.4 Å². The molecule has 0 saturated carbocycles. The zero-order valence-corrected chi connectivity index (χ0v) is 14.8. The Labute approximate surface area is 156 Å². The molecular formula is C19H16Cl2N2O2. The van der Waals surface area contributed by atoms with E-state index in [1.165, 1.54) is 6.08 Å². The van der Waals surface area contributed by atoms with Crippen molar-refractivity contribution < 1.29 is 9.59 Å². The van der Waals surface area contributed by atoms with Crippen LogP contribution in [-0.4, -0.2) is 18.4 Å². The first kappa shape index (κ1) is 17.5. The number of hydrogen-bond donors (Lipinski definition) is 1. The lowest BCUT2D eigenvalue weighted by Crippen LogP contribution is -2.23. The predicted octanol–water partition coefficient (Wildman–Crippen LogP) is 4.77. The van der Waals surface area contributed by atoms with Crippen LogP contribution in [0.5, 0.6) is 0 Å². The van der Waals surface area contributed by atoms with E-state index >= 15 is 0 Å². The lowest BCUT2D eigenvalue weighted by Gasteiger charge is -2.15. The van der Waals surface area contributed by atoms with E-state index in [0.29, 0.717) is 27.7 Å². The fourth-order valence-corrected chi connectivity index (χ4v) is 3.02. The van der Waals surface area contributed by atoms with Crippen molar-refractivity contribution in [3.63, 3.8) is 0 Å². The van der Waals surface area contributed by atoms with Crippen LogP contribution in [0.3, 0.4) is 0 Å². The second kappa shape index (κ2) is 7.72. The molecule has 3 rings (SSSR count). The molecule has 2 aromatic rings. The van der Waals surface area contributed by atoms with Gasteiger partial charge in [-0.3, -0.25) is 9.59 Å². The van der Waals surface area contributed by atoms with Gasteiger partial charge in [0.15, 0.2) is 0 Å². The van der Waals surface area contributed by atoms with E-state index in [2.05, 4.69) is 5.32 Å². The molecule has 2 amide bonds. The third kappa shape index (κ3) is 4.21. The van der Waals surface area contributed by atoms with Gasteiger partial charge in [0.25, 0.3) is 0 Å². The maximum absolute atomic E-state index is 12.0. The van der Waals surface area contributed by atoms with Crippen molar-refractivity contribution in [2.45, 2.75) is 12.8 Å². The van der Waals surface area contributed by atoms with Crippen molar-refractivity contribution in [3.05, 3.63) is 64.1 Å². The topological polar surface area (TPSA) is 49.4 Å². The van der Waals surface area contributed by atoms with E-state index in [0.717, 1.165) is 18.7 Å². The molecule has 0 unspecified atom stereocenters. The number of hydrogen-bond acceptors (Lipinski definition) is 2. The van der Waals surface area contributed by atoms with Crippen LogP contribution in [0.1, 0.15) is 18.4 Å². The van der Waals surface area contributed by atoms with Crippen LogP contribution in [0.25, 0.3) is 6.08 Å². The molecule has 1 N–H and O–H groups in total. The Bertz CT molecular complexity index is 832. The molecule has 1 heterocycles. The second-order valence-electron chi connectivity index (χ2n) is 5.66. The van der Waals surface area contributed by atoms with Gasteiger partial charge >= 0.3 is 0 Å². The van der Waals surface area contributed by atoms with E-state index in [4.69, 9.17) is 23.2 Å². The predicted molar refractivity (Wildman–Crippen MR) is 102 cm³/mol. The first-order valence-corrected chi connectivity index (χ1v) is 8.64. The highest BCUT2D eigenvalue weighted by molar-refractivity contribution is 6.42. The molecule has 0 radical (unpaired) electrons. The zero-order chi connectivity index (χ0) is 17.8. The van der Waals surface area contributed by atoms with Gasteiger partial charge < -0.3 is 10.2 Å². The van der Waals surface area contributed by atoms with E-state index in [-0.39, 0.29) is 11.8 Å². The van der Waals surface area contributed by atoms with Crippen LogP contribution in [0.4, 0.5) is 11.4 Å². The Morgan fingerprint density at radius 2 is 1.88 bits per heavy atom. The highest BCUT2D eigenvalue weighted by Gasteiger charge is 2.21. The van der Waals surface area contributed by atoms with Crippen LogP contribution in [0.2, 0.25) is 10.0 Å². The summed E-state index contributed by atoms with van der Waals surface area (Å²) in [5.74, 6) is -0.140. The van der Waals surface area contributed by atoms with Crippen molar-refractivity contribution in [2.24, 2.45) is 0 Å². The van der Waals surface area contributed by atoms with Gasteiger partial charge in [0.05, 0.1) is 10.0 Å². The molecule has 1 saturated heterocycles. The summed E-state index contributed by atoms with van der Waals surface area (Å²) in [5, 5.41) is 3.62. The minimum atomic E-state index is -0.277. The SMILES string of the molecule is O=C(/C=C/c1cccc(Cl)c1Cl)Nc1ccc(N2CCCC2=O)cc1. The van der Waals surface area contributed by atoms with Crippen molar-refractivity contribution in [2.75, 3.05) is 16.8 Å². The first-order chi connectivity index (χ1) is 12.0. The molecule has 1 aliphatic heterocycles. The van der Waals surface area contributed by atoms with E-state index in [1.54, 1.807) is 41.3 Å². The first-order valence-electron chi connectivity index (χ1n) is 7.88. The molecule has 0 spiro atoms. The molecular weight excluding hydrogens is 359 g/mol. The molecule has 0 atom stereocenters. The number of anilines is 2. The number of carbonyl (C=O) groups is 2. The van der Waals surface area contributed by atoms with Crippen molar-refractivity contribution in [1.29, 1.82) is 0 Å². The standard InChI is InChI=1S/C19H16Cl2N2O2/c20-16-4-1-3-13(19(16)21)6-11-17(24)22-14-7-9-15(10-8-14)23-12-2-5-18(23)25/h1,3-4,6-11H,2,5,12H2,(H,22,24)/b11-6+. The van der Waals surface area contributed by atoms with E-state index in [9.17, 15) is 9.59 Å². The molecule has 128 valence electrons. The lowest BCUT2D eigenvalue weighted by molar-refractivity contribution is -0.117. The van der Waals surface area contributed by atoms with Crippen LogP contribution in [0.15, 0.2) is 48.5 Å². The normalized spacial score (nSPS) is 14.3. The molecule has 4 nitrogen and oxygen atoms in total. The average Bonchev–Trinajstić information content (AvgIpc) is 3.03. The summed E-state index contributed by atoms with van der Waals surface area (Å²) in [6.45, 7) is 0.744. The van der Waals surface area contributed by atoms with Gasteiger partial charge in [-0.2, -0.15) is 0 Å². The van der Waals surface area contributed by atoms with Gasteiger partial charge in [0, 0.05) is 30.4 Å². The van der Waals surface area contributed by atoms with Gasteiger partial charge in [-0.1, -0.05) is 35.3 Å². The van der Waals surface area contributed by atoms with E-state index < -0.39 is 0 Å². The monoisotopic (exact) mass is 374 g/mol. The fourth-order valence-electron chi connectivity index (χ4n) is 2.64. The Kier molecular flexibility index (Phi) is 5.41. The summed E-state index contributed by atoms with van der Waals surface area (Å²) < 4.78 is 0. The van der Waals surface area contributed by atoms with Gasteiger partial charge in [-0.25, -0.2) is 0 Å². The highest BCUT2D eigenvalue weighted by atomic mass is 35.5. The Morgan fingerprint density at radius 3 is 2.56 bits per heavy atom. The summed E-state index contributed by atoms with van der Waals surface area (Å²) >= 11 is 12.0. The number of carbonyl (C=O) groups excluding carboxylic acids is 2. The fraction of sp³-hybridized carbons (Fsp3) is 0.158. The average molecular weight is 375 g/mol. The summed E-state index contributed by atoms with van der Waals surface area (Å²) in [6.07, 6.45) is 4.49. The minimum Gasteiger partial charge on any atom is -0.323 e. The van der Waals surface area contributed by atoms with E-state index in [1.807, 2.05) is 12.1 Å². The maximum atomic E-state index is 12.0. The summed E-state index contributed by atoms with van der Waals surface area (Å²) in [7, 11) is 0. The van der Waals surface area contributed by atoms with Gasteiger partial charge in [-0.15, -0.1) is 0 Å². The van der Waals surface area contributed by atoms with Crippen molar-refractivity contribution >= 4 is 52.5 Å². The number of nitrogens with zero attached hydrogens (tertiary/aromatic N) is 1. The number of benzene rings is 2. The van der Waals surface area contributed by atoms with Crippen LogP contribution in [0, 0.1) is 0 Å². The summed E-state index contributed by atoms with van der Waals surface area (Å²) in [6, 6.07) is 12.4.